The van der Waals surface area contributed by atoms with Crippen LogP contribution < -0.4 is 15.4 Å². The molecule has 0 spiro atoms. The second-order valence-corrected chi connectivity index (χ2v) is 8.78. The topological polar surface area (TPSA) is 83.0 Å². The Labute approximate surface area is 171 Å². The van der Waals surface area contributed by atoms with Gasteiger partial charge in [-0.25, -0.2) is 17.1 Å². The molecule has 158 valence electrons. The second kappa shape index (κ2) is 10.2. The van der Waals surface area contributed by atoms with Crippen LogP contribution in [0.25, 0.3) is 0 Å². The molecule has 2 aromatic rings. The SMILES string of the molecule is CN=C(NCc1ccc(S(=O)(=O)N(C)C)cc1)NCC(C)Oc1cccc(F)c1. The van der Waals surface area contributed by atoms with E-state index in [0.29, 0.717) is 24.8 Å². The minimum Gasteiger partial charge on any atom is -0.489 e. The standard InChI is InChI=1S/C20H27FN4O3S/c1-15(28-18-7-5-6-17(21)12-18)13-23-20(22-2)24-14-16-8-10-19(11-9-16)29(26,27)25(3)4/h5-12,15H,13-14H2,1-4H3,(H2,22,23,24). The fourth-order valence-electron chi connectivity index (χ4n) is 2.45. The molecule has 0 aromatic heterocycles. The summed E-state index contributed by atoms with van der Waals surface area (Å²) in [6.45, 7) is 2.81. The minimum absolute atomic E-state index is 0.203. The average molecular weight is 423 g/mol. The number of aliphatic imine (C=N–C) groups is 1. The van der Waals surface area contributed by atoms with Gasteiger partial charge in [0, 0.05) is 33.8 Å². The van der Waals surface area contributed by atoms with Crippen molar-refractivity contribution in [3.8, 4) is 5.75 Å². The Morgan fingerprint density at radius 3 is 2.45 bits per heavy atom. The van der Waals surface area contributed by atoms with Crippen LogP contribution in [0.3, 0.4) is 0 Å². The maximum atomic E-state index is 13.2. The van der Waals surface area contributed by atoms with Crippen LogP contribution in [-0.4, -0.2) is 52.5 Å². The summed E-state index contributed by atoms with van der Waals surface area (Å²) < 4.78 is 44.3. The molecule has 29 heavy (non-hydrogen) atoms. The normalized spacial score (nSPS) is 13.2. The predicted octanol–water partition coefficient (Wildman–Crippen LogP) is 2.21. The van der Waals surface area contributed by atoms with Gasteiger partial charge in [0.25, 0.3) is 0 Å². The van der Waals surface area contributed by atoms with Crippen LogP contribution in [0.4, 0.5) is 4.39 Å². The lowest BCUT2D eigenvalue weighted by Crippen LogP contribution is -2.41. The van der Waals surface area contributed by atoms with Crippen molar-refractivity contribution >= 4 is 16.0 Å². The molecular weight excluding hydrogens is 395 g/mol. The highest BCUT2D eigenvalue weighted by molar-refractivity contribution is 7.89. The van der Waals surface area contributed by atoms with Gasteiger partial charge in [0.15, 0.2) is 5.96 Å². The number of hydrogen-bond acceptors (Lipinski definition) is 4. The molecule has 2 aromatic carbocycles. The van der Waals surface area contributed by atoms with Crippen molar-refractivity contribution in [2.45, 2.75) is 24.5 Å². The summed E-state index contributed by atoms with van der Waals surface area (Å²) in [5.74, 6) is 0.698. The van der Waals surface area contributed by atoms with Gasteiger partial charge in [0.2, 0.25) is 10.0 Å². The largest absolute Gasteiger partial charge is 0.489 e. The molecule has 0 saturated carbocycles. The van der Waals surface area contributed by atoms with Gasteiger partial charge in [-0.05, 0) is 36.8 Å². The van der Waals surface area contributed by atoms with Gasteiger partial charge >= 0.3 is 0 Å². The Morgan fingerprint density at radius 1 is 1.17 bits per heavy atom. The molecule has 0 amide bonds. The van der Waals surface area contributed by atoms with E-state index in [-0.39, 0.29) is 16.8 Å². The second-order valence-electron chi connectivity index (χ2n) is 6.62. The van der Waals surface area contributed by atoms with E-state index in [1.807, 2.05) is 6.92 Å². The van der Waals surface area contributed by atoms with Gasteiger partial charge in [-0.1, -0.05) is 18.2 Å². The summed E-state index contributed by atoms with van der Waals surface area (Å²) in [6, 6.07) is 12.7. The van der Waals surface area contributed by atoms with Gasteiger partial charge in [-0.2, -0.15) is 0 Å². The summed E-state index contributed by atoms with van der Waals surface area (Å²) in [7, 11) is 1.22. The van der Waals surface area contributed by atoms with E-state index in [1.165, 1.54) is 30.5 Å². The van der Waals surface area contributed by atoms with Gasteiger partial charge < -0.3 is 15.4 Å². The first-order chi connectivity index (χ1) is 13.7. The number of rotatable bonds is 8. The summed E-state index contributed by atoms with van der Waals surface area (Å²) >= 11 is 0. The average Bonchev–Trinajstić information content (AvgIpc) is 2.68. The maximum Gasteiger partial charge on any atom is 0.242 e. The zero-order valence-electron chi connectivity index (χ0n) is 17.0. The van der Waals surface area contributed by atoms with E-state index in [9.17, 15) is 12.8 Å². The first kappa shape index (κ1) is 22.6. The first-order valence-electron chi connectivity index (χ1n) is 9.10. The smallest absolute Gasteiger partial charge is 0.242 e. The number of halogens is 1. The van der Waals surface area contributed by atoms with E-state index < -0.39 is 10.0 Å². The van der Waals surface area contributed by atoms with Crippen molar-refractivity contribution < 1.29 is 17.5 Å². The van der Waals surface area contributed by atoms with Crippen molar-refractivity contribution in [2.24, 2.45) is 4.99 Å². The van der Waals surface area contributed by atoms with Crippen LogP contribution >= 0.6 is 0 Å². The molecule has 7 nitrogen and oxygen atoms in total. The molecule has 0 saturated heterocycles. The Morgan fingerprint density at radius 2 is 1.86 bits per heavy atom. The van der Waals surface area contributed by atoms with Gasteiger partial charge in [-0.3, -0.25) is 4.99 Å². The number of benzene rings is 2. The van der Waals surface area contributed by atoms with E-state index >= 15 is 0 Å². The molecule has 9 heteroatoms. The quantitative estimate of drug-likeness (QED) is 0.503. The molecule has 0 aliphatic heterocycles. The summed E-state index contributed by atoms with van der Waals surface area (Å²) in [5.41, 5.74) is 0.912. The Hall–Kier alpha value is -2.65. The highest BCUT2D eigenvalue weighted by Crippen LogP contribution is 2.14. The molecular formula is C20H27FN4O3S. The fourth-order valence-corrected chi connectivity index (χ4v) is 3.35. The number of ether oxygens (including phenoxy) is 1. The van der Waals surface area contributed by atoms with Crippen LogP contribution in [0.1, 0.15) is 12.5 Å². The number of nitrogens with one attached hydrogen (secondary N) is 2. The predicted molar refractivity (Wildman–Crippen MR) is 112 cm³/mol. The van der Waals surface area contributed by atoms with Crippen LogP contribution in [-0.2, 0) is 16.6 Å². The molecule has 2 rings (SSSR count). The van der Waals surface area contributed by atoms with Crippen molar-refractivity contribution in [2.75, 3.05) is 27.7 Å². The zero-order valence-corrected chi connectivity index (χ0v) is 17.8. The third kappa shape index (κ3) is 6.72. The zero-order chi connectivity index (χ0) is 21.4. The van der Waals surface area contributed by atoms with Crippen molar-refractivity contribution in [3.63, 3.8) is 0 Å². The number of hydrogen-bond donors (Lipinski definition) is 2. The molecule has 0 radical (unpaired) electrons. The van der Waals surface area contributed by atoms with E-state index in [4.69, 9.17) is 4.74 Å². The lowest BCUT2D eigenvalue weighted by atomic mass is 10.2. The minimum atomic E-state index is -3.44. The number of sulfonamides is 1. The van der Waals surface area contributed by atoms with Crippen LogP contribution in [0.5, 0.6) is 5.75 Å². The van der Waals surface area contributed by atoms with Crippen molar-refractivity contribution in [3.05, 3.63) is 59.9 Å². The third-order valence-electron chi connectivity index (χ3n) is 4.08. The lowest BCUT2D eigenvalue weighted by molar-refractivity contribution is 0.223. The summed E-state index contributed by atoms with van der Waals surface area (Å²) in [5, 5.41) is 6.30. The van der Waals surface area contributed by atoms with E-state index in [2.05, 4.69) is 15.6 Å². The van der Waals surface area contributed by atoms with E-state index in [0.717, 1.165) is 5.56 Å². The summed E-state index contributed by atoms with van der Waals surface area (Å²) in [4.78, 5) is 4.40. The molecule has 0 fully saturated rings. The van der Waals surface area contributed by atoms with Crippen LogP contribution in [0.2, 0.25) is 0 Å². The lowest BCUT2D eigenvalue weighted by Gasteiger charge is -2.18. The van der Waals surface area contributed by atoms with Gasteiger partial charge in [-0.15, -0.1) is 0 Å². The van der Waals surface area contributed by atoms with Gasteiger partial charge in [0.05, 0.1) is 11.4 Å². The molecule has 0 aliphatic carbocycles. The molecule has 0 aliphatic rings. The molecule has 1 unspecified atom stereocenters. The summed E-state index contributed by atoms with van der Waals surface area (Å²) in [6.07, 6.45) is -0.203. The monoisotopic (exact) mass is 422 g/mol. The van der Waals surface area contributed by atoms with Crippen molar-refractivity contribution in [1.82, 2.24) is 14.9 Å². The molecule has 1 atom stereocenters. The number of guanidine groups is 1. The Bertz CT molecular complexity index is 931. The Kier molecular flexibility index (Phi) is 7.98. The van der Waals surface area contributed by atoms with Crippen LogP contribution in [0, 0.1) is 5.82 Å². The molecule has 2 N–H and O–H groups in total. The molecule has 0 heterocycles. The van der Waals surface area contributed by atoms with Gasteiger partial charge in [0.1, 0.15) is 17.7 Å². The highest BCUT2D eigenvalue weighted by atomic mass is 32.2. The fraction of sp³-hybridized carbons (Fsp3) is 0.350. The number of nitrogens with zero attached hydrogens (tertiary/aromatic N) is 2. The highest BCUT2D eigenvalue weighted by Gasteiger charge is 2.16. The third-order valence-corrected chi connectivity index (χ3v) is 5.91. The first-order valence-corrected chi connectivity index (χ1v) is 10.5. The molecule has 0 bridgehead atoms. The van der Waals surface area contributed by atoms with Crippen LogP contribution in [0.15, 0.2) is 58.4 Å². The maximum absolute atomic E-state index is 13.2. The van der Waals surface area contributed by atoms with Crippen molar-refractivity contribution in [1.29, 1.82) is 0 Å². The Balaban J connectivity index is 1.84. The van der Waals surface area contributed by atoms with E-state index in [1.54, 1.807) is 43.4 Å².